The standard InChI is InChI=1S/C15H13BrN4O2/c16-11-3-1-10(2-4-11)15-13(7-8-17)19-9-12(20(21)22)5-6-14(19)18-15/h1-6,9H,7-8,17H2. The molecule has 0 fully saturated rings. The van der Waals surface area contributed by atoms with Crippen molar-refractivity contribution < 1.29 is 4.92 Å². The molecule has 3 rings (SSSR count). The third-order valence-electron chi connectivity index (χ3n) is 3.41. The lowest BCUT2D eigenvalue weighted by Crippen LogP contribution is -2.06. The van der Waals surface area contributed by atoms with Crippen LogP contribution in [0.5, 0.6) is 0 Å². The quantitative estimate of drug-likeness (QED) is 0.571. The molecule has 0 aliphatic heterocycles. The van der Waals surface area contributed by atoms with Crippen molar-refractivity contribution in [2.24, 2.45) is 5.73 Å². The van der Waals surface area contributed by atoms with Gasteiger partial charge < -0.3 is 5.73 Å². The maximum absolute atomic E-state index is 11.0. The highest BCUT2D eigenvalue weighted by molar-refractivity contribution is 9.10. The number of imidazole rings is 1. The topological polar surface area (TPSA) is 86.5 Å². The van der Waals surface area contributed by atoms with Gasteiger partial charge in [-0.2, -0.15) is 0 Å². The van der Waals surface area contributed by atoms with E-state index in [4.69, 9.17) is 5.73 Å². The second-order valence-corrected chi connectivity index (χ2v) is 5.74. The van der Waals surface area contributed by atoms with Gasteiger partial charge in [0.15, 0.2) is 0 Å². The molecule has 22 heavy (non-hydrogen) atoms. The Morgan fingerprint density at radius 1 is 1.23 bits per heavy atom. The van der Waals surface area contributed by atoms with Crippen molar-refractivity contribution in [3.63, 3.8) is 0 Å². The van der Waals surface area contributed by atoms with Gasteiger partial charge in [-0.3, -0.25) is 14.5 Å². The Kier molecular flexibility index (Phi) is 3.91. The Bertz CT molecular complexity index is 843. The zero-order valence-corrected chi connectivity index (χ0v) is 13.2. The van der Waals surface area contributed by atoms with Crippen LogP contribution in [0.1, 0.15) is 5.69 Å². The number of hydrogen-bond donors (Lipinski definition) is 1. The van der Waals surface area contributed by atoms with Crippen LogP contribution in [0, 0.1) is 10.1 Å². The van der Waals surface area contributed by atoms with Crippen molar-refractivity contribution in [1.29, 1.82) is 0 Å². The van der Waals surface area contributed by atoms with E-state index >= 15 is 0 Å². The molecule has 0 aliphatic rings. The Balaban J connectivity index is 2.23. The van der Waals surface area contributed by atoms with Gasteiger partial charge >= 0.3 is 0 Å². The highest BCUT2D eigenvalue weighted by atomic mass is 79.9. The molecule has 2 aromatic heterocycles. The van der Waals surface area contributed by atoms with Crippen LogP contribution in [0.4, 0.5) is 5.69 Å². The molecule has 0 atom stereocenters. The first kappa shape index (κ1) is 14.7. The molecule has 0 bridgehead atoms. The van der Waals surface area contributed by atoms with E-state index in [2.05, 4.69) is 20.9 Å². The Labute approximate surface area is 134 Å². The average Bonchev–Trinajstić information content (AvgIpc) is 2.86. The summed E-state index contributed by atoms with van der Waals surface area (Å²) in [5, 5.41) is 11.0. The van der Waals surface area contributed by atoms with Gasteiger partial charge in [-0.25, -0.2) is 4.98 Å². The number of fused-ring (bicyclic) bond motifs is 1. The first-order chi connectivity index (χ1) is 10.6. The van der Waals surface area contributed by atoms with Crippen molar-refractivity contribution in [2.75, 3.05) is 6.54 Å². The molecule has 2 N–H and O–H groups in total. The highest BCUT2D eigenvalue weighted by Gasteiger charge is 2.16. The van der Waals surface area contributed by atoms with Crippen LogP contribution in [0.2, 0.25) is 0 Å². The van der Waals surface area contributed by atoms with Crippen molar-refractivity contribution in [2.45, 2.75) is 6.42 Å². The van der Waals surface area contributed by atoms with E-state index in [9.17, 15) is 10.1 Å². The summed E-state index contributed by atoms with van der Waals surface area (Å²) in [4.78, 5) is 15.2. The Morgan fingerprint density at radius 2 is 1.95 bits per heavy atom. The lowest BCUT2D eigenvalue weighted by Gasteiger charge is -2.04. The predicted octanol–water partition coefficient (Wildman–Crippen LogP) is 3.17. The number of benzene rings is 1. The van der Waals surface area contributed by atoms with Crippen LogP contribution in [0.15, 0.2) is 47.1 Å². The van der Waals surface area contributed by atoms with Gasteiger partial charge in [0.25, 0.3) is 5.69 Å². The number of nitrogens with two attached hydrogens (primary N) is 1. The summed E-state index contributed by atoms with van der Waals surface area (Å²) in [5.41, 5.74) is 9.04. The fraction of sp³-hybridized carbons (Fsp3) is 0.133. The maximum atomic E-state index is 11.0. The van der Waals surface area contributed by atoms with Crippen molar-refractivity contribution >= 4 is 27.3 Å². The zero-order chi connectivity index (χ0) is 15.7. The second-order valence-electron chi connectivity index (χ2n) is 4.83. The van der Waals surface area contributed by atoms with E-state index in [1.165, 1.54) is 12.3 Å². The van der Waals surface area contributed by atoms with Gasteiger partial charge in [0.05, 0.1) is 22.5 Å². The normalized spacial score (nSPS) is 11.0. The lowest BCUT2D eigenvalue weighted by molar-refractivity contribution is -0.385. The minimum absolute atomic E-state index is 0.0329. The van der Waals surface area contributed by atoms with Crippen LogP contribution < -0.4 is 5.73 Å². The van der Waals surface area contributed by atoms with Crippen molar-refractivity contribution in [1.82, 2.24) is 9.38 Å². The van der Waals surface area contributed by atoms with Crippen molar-refractivity contribution in [3.8, 4) is 11.3 Å². The number of nitrogens with zero attached hydrogens (tertiary/aromatic N) is 3. The SMILES string of the molecule is NCCc1c(-c2ccc(Br)cc2)nc2ccc([N+](=O)[O-])cn12. The van der Waals surface area contributed by atoms with E-state index in [1.807, 2.05) is 24.3 Å². The predicted molar refractivity (Wildman–Crippen MR) is 87.7 cm³/mol. The number of nitro groups is 1. The molecule has 0 saturated carbocycles. The largest absolute Gasteiger partial charge is 0.330 e. The van der Waals surface area contributed by atoms with Gasteiger partial charge in [-0.05, 0) is 24.7 Å². The fourth-order valence-electron chi connectivity index (χ4n) is 2.40. The van der Waals surface area contributed by atoms with E-state index in [0.717, 1.165) is 21.4 Å². The summed E-state index contributed by atoms with van der Waals surface area (Å²) >= 11 is 3.41. The lowest BCUT2D eigenvalue weighted by atomic mass is 10.1. The summed E-state index contributed by atoms with van der Waals surface area (Å²) in [7, 11) is 0. The molecule has 6 nitrogen and oxygen atoms in total. The van der Waals surface area contributed by atoms with Gasteiger partial charge in [0.1, 0.15) is 5.65 Å². The Morgan fingerprint density at radius 3 is 2.59 bits per heavy atom. The van der Waals surface area contributed by atoms with E-state index in [1.54, 1.807) is 10.5 Å². The van der Waals surface area contributed by atoms with Crippen molar-refractivity contribution in [3.05, 3.63) is 62.9 Å². The average molecular weight is 361 g/mol. The summed E-state index contributed by atoms with van der Waals surface area (Å²) in [6.07, 6.45) is 2.09. The van der Waals surface area contributed by atoms with Crippen LogP contribution >= 0.6 is 15.9 Å². The molecule has 112 valence electrons. The summed E-state index contributed by atoms with van der Waals surface area (Å²) in [5.74, 6) is 0. The minimum Gasteiger partial charge on any atom is -0.330 e. The molecule has 0 spiro atoms. The third-order valence-corrected chi connectivity index (χ3v) is 3.94. The second kappa shape index (κ2) is 5.86. The first-order valence-electron chi connectivity index (χ1n) is 6.71. The molecular weight excluding hydrogens is 348 g/mol. The summed E-state index contributed by atoms with van der Waals surface area (Å²) < 4.78 is 2.73. The summed E-state index contributed by atoms with van der Waals surface area (Å²) in [6, 6.07) is 10.9. The maximum Gasteiger partial charge on any atom is 0.286 e. The smallest absolute Gasteiger partial charge is 0.286 e. The first-order valence-corrected chi connectivity index (χ1v) is 7.51. The highest BCUT2D eigenvalue weighted by Crippen LogP contribution is 2.27. The molecule has 3 aromatic rings. The molecule has 0 radical (unpaired) electrons. The molecule has 7 heteroatoms. The number of rotatable bonds is 4. The molecular formula is C15H13BrN4O2. The van der Waals surface area contributed by atoms with E-state index < -0.39 is 4.92 Å². The summed E-state index contributed by atoms with van der Waals surface area (Å²) in [6.45, 7) is 0.444. The number of hydrogen-bond acceptors (Lipinski definition) is 4. The van der Waals surface area contributed by atoms with Gasteiger partial charge in [0.2, 0.25) is 0 Å². The molecule has 0 saturated heterocycles. The molecule has 0 unspecified atom stereocenters. The molecule has 0 aliphatic carbocycles. The molecule has 2 heterocycles. The number of aromatic nitrogens is 2. The zero-order valence-electron chi connectivity index (χ0n) is 11.6. The minimum atomic E-state index is -0.412. The molecule has 1 aromatic carbocycles. The van der Waals surface area contributed by atoms with Gasteiger partial charge in [0, 0.05) is 22.5 Å². The number of pyridine rings is 1. The van der Waals surface area contributed by atoms with Gasteiger partial charge in [-0.15, -0.1) is 0 Å². The van der Waals surface area contributed by atoms with E-state index in [0.29, 0.717) is 18.6 Å². The fourth-order valence-corrected chi connectivity index (χ4v) is 2.67. The van der Waals surface area contributed by atoms with E-state index in [-0.39, 0.29) is 5.69 Å². The third kappa shape index (κ3) is 2.60. The van der Waals surface area contributed by atoms with Crippen LogP contribution in [-0.4, -0.2) is 20.9 Å². The van der Waals surface area contributed by atoms with Crippen LogP contribution in [0.3, 0.4) is 0 Å². The van der Waals surface area contributed by atoms with Crippen LogP contribution in [0.25, 0.3) is 16.9 Å². The molecule has 0 amide bonds. The van der Waals surface area contributed by atoms with Gasteiger partial charge in [-0.1, -0.05) is 28.1 Å². The van der Waals surface area contributed by atoms with Crippen LogP contribution in [-0.2, 0) is 6.42 Å². The Hall–Kier alpha value is -2.25. The number of halogens is 1. The monoisotopic (exact) mass is 360 g/mol.